The van der Waals surface area contributed by atoms with E-state index < -0.39 is 0 Å². The van der Waals surface area contributed by atoms with Gasteiger partial charge in [-0.15, -0.1) is 0 Å². The lowest BCUT2D eigenvalue weighted by Crippen LogP contribution is -2.28. The maximum Gasteiger partial charge on any atom is 0.0365 e. The molecule has 102 valence electrons. The van der Waals surface area contributed by atoms with Gasteiger partial charge in [-0.2, -0.15) is 11.3 Å². The molecule has 0 amide bonds. The molecule has 2 rings (SSSR count). The van der Waals surface area contributed by atoms with Gasteiger partial charge < -0.3 is 5.32 Å². The lowest BCUT2D eigenvalue weighted by atomic mass is 9.76. The zero-order valence-electron chi connectivity index (χ0n) is 11.4. The van der Waals surface area contributed by atoms with Crippen LogP contribution in [0.1, 0.15) is 57.1 Å². The van der Waals surface area contributed by atoms with Gasteiger partial charge in [-0.1, -0.05) is 32.6 Å². The van der Waals surface area contributed by atoms with Crippen LogP contribution >= 0.6 is 27.3 Å². The highest BCUT2D eigenvalue weighted by atomic mass is 79.9. The summed E-state index contributed by atoms with van der Waals surface area (Å²) in [7, 11) is 2.10. The fourth-order valence-electron chi connectivity index (χ4n) is 3.38. The molecule has 1 heterocycles. The number of hydrogen-bond donors (Lipinski definition) is 1. The minimum atomic E-state index is 0.535. The third-order valence-electron chi connectivity index (χ3n) is 4.35. The van der Waals surface area contributed by atoms with Crippen molar-refractivity contribution in [2.45, 2.75) is 51.5 Å². The maximum absolute atomic E-state index is 3.68. The first-order chi connectivity index (χ1) is 8.76. The minimum Gasteiger partial charge on any atom is -0.313 e. The van der Waals surface area contributed by atoms with E-state index >= 15 is 0 Å². The quantitative estimate of drug-likeness (QED) is 0.764. The molecule has 1 atom stereocenters. The fourth-order valence-corrected chi connectivity index (χ4v) is 4.96. The van der Waals surface area contributed by atoms with Crippen LogP contribution in [0.25, 0.3) is 0 Å². The molecule has 1 aliphatic carbocycles. The normalized spacial score (nSPS) is 26.2. The molecular weight excluding hydrogens is 306 g/mol. The molecule has 1 fully saturated rings. The van der Waals surface area contributed by atoms with Crippen LogP contribution < -0.4 is 5.32 Å². The Hall–Kier alpha value is 0.140. The Balaban J connectivity index is 1.97. The van der Waals surface area contributed by atoms with E-state index in [0.29, 0.717) is 6.04 Å². The maximum atomic E-state index is 3.68. The Kier molecular flexibility index (Phi) is 5.71. The Labute approximate surface area is 123 Å². The summed E-state index contributed by atoms with van der Waals surface area (Å²) in [5.41, 5.74) is 1.46. The summed E-state index contributed by atoms with van der Waals surface area (Å²) in [6.45, 7) is 2.31. The average molecular weight is 330 g/mol. The summed E-state index contributed by atoms with van der Waals surface area (Å²) in [6.07, 6.45) is 8.41. The van der Waals surface area contributed by atoms with Gasteiger partial charge in [-0.05, 0) is 58.6 Å². The fraction of sp³-hybridized carbons (Fsp3) is 0.733. The predicted octanol–water partition coefficient (Wildman–Crippen LogP) is 5.38. The smallest absolute Gasteiger partial charge is 0.0365 e. The first kappa shape index (κ1) is 14.5. The molecule has 0 bridgehead atoms. The van der Waals surface area contributed by atoms with Crippen LogP contribution in [0.2, 0.25) is 0 Å². The van der Waals surface area contributed by atoms with Crippen molar-refractivity contribution in [1.29, 1.82) is 0 Å². The van der Waals surface area contributed by atoms with E-state index in [2.05, 4.69) is 46.0 Å². The lowest BCUT2D eigenvalue weighted by molar-refractivity contribution is 0.219. The summed E-state index contributed by atoms with van der Waals surface area (Å²) in [6, 6.07) is 0.535. The highest BCUT2D eigenvalue weighted by Crippen LogP contribution is 2.40. The molecule has 0 saturated heterocycles. The first-order valence-corrected chi connectivity index (χ1v) is 8.88. The number of hydrogen-bond acceptors (Lipinski definition) is 2. The summed E-state index contributed by atoms with van der Waals surface area (Å²) < 4.78 is 1.28. The van der Waals surface area contributed by atoms with E-state index in [-0.39, 0.29) is 0 Å². The standard InChI is InChI=1S/C15H24BrNS/c1-3-4-11-5-7-12(8-6-11)15(17-2)13-9-18-10-14(13)16/h9-12,15,17H,3-8H2,1-2H3. The van der Waals surface area contributed by atoms with Crippen molar-refractivity contribution < 1.29 is 0 Å². The van der Waals surface area contributed by atoms with Crippen molar-refractivity contribution in [3.8, 4) is 0 Å². The van der Waals surface area contributed by atoms with E-state index in [9.17, 15) is 0 Å². The molecule has 1 saturated carbocycles. The van der Waals surface area contributed by atoms with Gasteiger partial charge in [0.1, 0.15) is 0 Å². The summed E-state index contributed by atoms with van der Waals surface area (Å²) in [5, 5.41) is 8.03. The van der Waals surface area contributed by atoms with Crippen molar-refractivity contribution >= 4 is 27.3 Å². The van der Waals surface area contributed by atoms with Gasteiger partial charge in [0.05, 0.1) is 0 Å². The summed E-state index contributed by atoms with van der Waals surface area (Å²) in [5.74, 6) is 1.81. The molecule has 0 aliphatic heterocycles. The van der Waals surface area contributed by atoms with Crippen LogP contribution in [-0.2, 0) is 0 Å². The third-order valence-corrected chi connectivity index (χ3v) is 6.10. The van der Waals surface area contributed by atoms with E-state index in [1.165, 1.54) is 48.6 Å². The molecule has 0 aromatic carbocycles. The molecule has 18 heavy (non-hydrogen) atoms. The van der Waals surface area contributed by atoms with Crippen molar-refractivity contribution in [2.24, 2.45) is 11.8 Å². The van der Waals surface area contributed by atoms with Crippen LogP contribution in [-0.4, -0.2) is 7.05 Å². The van der Waals surface area contributed by atoms with Crippen molar-refractivity contribution in [3.63, 3.8) is 0 Å². The zero-order chi connectivity index (χ0) is 13.0. The summed E-state index contributed by atoms with van der Waals surface area (Å²) in [4.78, 5) is 0. The van der Waals surface area contributed by atoms with Crippen LogP contribution in [0.15, 0.2) is 15.2 Å². The molecular formula is C15H24BrNS. The molecule has 1 N–H and O–H groups in total. The second-order valence-electron chi connectivity index (χ2n) is 5.51. The molecule has 0 spiro atoms. The van der Waals surface area contributed by atoms with Crippen molar-refractivity contribution in [1.82, 2.24) is 5.32 Å². The zero-order valence-corrected chi connectivity index (χ0v) is 13.8. The van der Waals surface area contributed by atoms with Crippen LogP contribution in [0.4, 0.5) is 0 Å². The van der Waals surface area contributed by atoms with Gasteiger partial charge in [0, 0.05) is 15.9 Å². The van der Waals surface area contributed by atoms with E-state index in [1.54, 1.807) is 11.3 Å². The Bertz CT molecular complexity index is 355. The highest BCUT2D eigenvalue weighted by Gasteiger charge is 2.28. The van der Waals surface area contributed by atoms with Gasteiger partial charge in [0.15, 0.2) is 0 Å². The molecule has 3 heteroatoms. The molecule has 1 aliphatic rings. The van der Waals surface area contributed by atoms with Gasteiger partial charge in [0.25, 0.3) is 0 Å². The second kappa shape index (κ2) is 7.06. The van der Waals surface area contributed by atoms with Crippen molar-refractivity contribution in [2.75, 3.05) is 7.05 Å². The summed E-state index contributed by atoms with van der Waals surface area (Å²) >= 11 is 5.48. The number of rotatable bonds is 5. The molecule has 1 unspecified atom stereocenters. The Morgan fingerprint density at radius 1 is 1.33 bits per heavy atom. The number of halogens is 1. The van der Waals surface area contributed by atoms with Crippen LogP contribution in [0.5, 0.6) is 0 Å². The number of nitrogens with one attached hydrogen (secondary N) is 1. The minimum absolute atomic E-state index is 0.535. The second-order valence-corrected chi connectivity index (χ2v) is 7.11. The topological polar surface area (TPSA) is 12.0 Å². The molecule has 1 nitrogen and oxygen atoms in total. The third kappa shape index (κ3) is 3.37. The monoisotopic (exact) mass is 329 g/mol. The lowest BCUT2D eigenvalue weighted by Gasteiger charge is -2.34. The van der Waals surface area contributed by atoms with E-state index in [0.717, 1.165) is 11.8 Å². The molecule has 0 radical (unpaired) electrons. The Morgan fingerprint density at radius 2 is 2.06 bits per heavy atom. The van der Waals surface area contributed by atoms with Gasteiger partial charge in [-0.3, -0.25) is 0 Å². The SMILES string of the molecule is CCCC1CCC(C(NC)c2cscc2Br)CC1. The average Bonchev–Trinajstić information content (AvgIpc) is 2.79. The van der Waals surface area contributed by atoms with Crippen molar-refractivity contribution in [3.05, 3.63) is 20.8 Å². The largest absolute Gasteiger partial charge is 0.313 e. The first-order valence-electron chi connectivity index (χ1n) is 7.15. The number of thiophene rings is 1. The van der Waals surface area contributed by atoms with Gasteiger partial charge >= 0.3 is 0 Å². The predicted molar refractivity (Wildman–Crippen MR) is 84.2 cm³/mol. The van der Waals surface area contributed by atoms with E-state index in [1.807, 2.05) is 0 Å². The highest BCUT2D eigenvalue weighted by molar-refractivity contribution is 9.10. The van der Waals surface area contributed by atoms with Gasteiger partial charge in [-0.25, -0.2) is 0 Å². The van der Waals surface area contributed by atoms with Crippen LogP contribution in [0, 0.1) is 11.8 Å². The molecule has 1 aromatic heterocycles. The Morgan fingerprint density at radius 3 is 2.56 bits per heavy atom. The van der Waals surface area contributed by atoms with Gasteiger partial charge in [0.2, 0.25) is 0 Å². The van der Waals surface area contributed by atoms with Crippen LogP contribution in [0.3, 0.4) is 0 Å². The molecule has 1 aromatic rings. The van der Waals surface area contributed by atoms with E-state index in [4.69, 9.17) is 0 Å².